The highest BCUT2D eigenvalue weighted by Gasteiger charge is 2.67. The summed E-state index contributed by atoms with van der Waals surface area (Å²) in [6.45, 7) is 5.62. The van der Waals surface area contributed by atoms with Gasteiger partial charge in [-0.05, 0) is 25.0 Å². The minimum atomic E-state index is -0.686. The average Bonchev–Trinajstić information content (AvgIpc) is 3.46. The molecule has 1 aromatic heterocycles. The van der Waals surface area contributed by atoms with Crippen molar-refractivity contribution in [1.82, 2.24) is 19.6 Å². The number of rotatable bonds is 5. The molecule has 2 bridgehead atoms. The second-order valence-electron chi connectivity index (χ2n) is 9.24. The van der Waals surface area contributed by atoms with Crippen molar-refractivity contribution in [2.75, 3.05) is 13.6 Å². The van der Waals surface area contributed by atoms with Crippen LogP contribution in [0.15, 0.2) is 42.7 Å². The maximum absolute atomic E-state index is 13.5. The van der Waals surface area contributed by atoms with Gasteiger partial charge in [-0.2, -0.15) is 5.10 Å². The van der Waals surface area contributed by atoms with Crippen LogP contribution in [0.1, 0.15) is 22.3 Å². The second kappa shape index (κ2) is 7.05. The van der Waals surface area contributed by atoms with E-state index in [-0.39, 0.29) is 17.9 Å². The van der Waals surface area contributed by atoms with Crippen LogP contribution < -0.4 is 0 Å². The van der Waals surface area contributed by atoms with Gasteiger partial charge in [0.25, 0.3) is 0 Å². The van der Waals surface area contributed by atoms with Crippen molar-refractivity contribution in [3.05, 3.63) is 65.0 Å². The number of aromatic nitrogens is 2. The van der Waals surface area contributed by atoms with Crippen LogP contribution in [0, 0.1) is 25.7 Å². The summed E-state index contributed by atoms with van der Waals surface area (Å²) >= 11 is 0. The highest BCUT2D eigenvalue weighted by molar-refractivity contribution is 5.93. The third-order valence-corrected chi connectivity index (χ3v) is 6.88. The Hall–Kier alpha value is -2.93. The lowest BCUT2D eigenvalue weighted by Gasteiger charge is -2.27. The van der Waals surface area contributed by atoms with Crippen molar-refractivity contribution in [3.8, 4) is 0 Å². The monoisotopic (exact) mass is 420 g/mol. The van der Waals surface area contributed by atoms with Crippen molar-refractivity contribution < 1.29 is 14.3 Å². The first-order valence-corrected chi connectivity index (χ1v) is 10.7. The van der Waals surface area contributed by atoms with E-state index in [0.717, 1.165) is 16.7 Å². The molecule has 31 heavy (non-hydrogen) atoms. The summed E-state index contributed by atoms with van der Waals surface area (Å²) in [7, 11) is 3.64. The summed E-state index contributed by atoms with van der Waals surface area (Å²) in [4.78, 5) is 30.5. The number of nitrogens with zero attached hydrogens (tertiary/aromatic N) is 4. The molecule has 4 atom stereocenters. The molecule has 0 saturated carbocycles. The summed E-state index contributed by atoms with van der Waals surface area (Å²) in [6.07, 6.45) is 7.30. The van der Waals surface area contributed by atoms with Crippen molar-refractivity contribution >= 4 is 11.8 Å². The van der Waals surface area contributed by atoms with Gasteiger partial charge in [-0.1, -0.05) is 35.9 Å². The summed E-state index contributed by atoms with van der Waals surface area (Å²) in [5.74, 6) is -0.980. The molecule has 1 spiro atoms. The molecule has 2 fully saturated rings. The van der Waals surface area contributed by atoms with Gasteiger partial charge in [0.05, 0.1) is 30.7 Å². The van der Waals surface area contributed by atoms with Gasteiger partial charge in [0, 0.05) is 38.9 Å². The van der Waals surface area contributed by atoms with E-state index < -0.39 is 17.4 Å². The lowest BCUT2D eigenvalue weighted by Crippen LogP contribution is -2.44. The molecule has 0 unspecified atom stereocenters. The van der Waals surface area contributed by atoms with E-state index in [1.807, 2.05) is 30.3 Å². The zero-order chi connectivity index (χ0) is 21.9. The fourth-order valence-corrected chi connectivity index (χ4v) is 5.33. The largest absolute Gasteiger partial charge is 0.360 e. The Morgan fingerprint density at radius 2 is 2.16 bits per heavy atom. The molecule has 7 heteroatoms. The molecule has 0 aliphatic carbocycles. The Morgan fingerprint density at radius 3 is 2.90 bits per heavy atom. The van der Waals surface area contributed by atoms with E-state index in [1.165, 1.54) is 5.56 Å². The van der Waals surface area contributed by atoms with Gasteiger partial charge in [0.15, 0.2) is 0 Å². The minimum absolute atomic E-state index is 0.0147. The van der Waals surface area contributed by atoms with Gasteiger partial charge < -0.3 is 14.5 Å². The van der Waals surface area contributed by atoms with Crippen molar-refractivity contribution in [3.63, 3.8) is 0 Å². The molecule has 4 heterocycles. The quantitative estimate of drug-likeness (QED) is 0.694. The van der Waals surface area contributed by atoms with E-state index in [9.17, 15) is 9.59 Å². The van der Waals surface area contributed by atoms with E-state index in [0.29, 0.717) is 19.6 Å². The van der Waals surface area contributed by atoms with Gasteiger partial charge in [0.1, 0.15) is 5.60 Å². The molecule has 1 aromatic carbocycles. The first kappa shape index (κ1) is 20.0. The lowest BCUT2D eigenvalue weighted by atomic mass is 9.76. The van der Waals surface area contributed by atoms with Crippen LogP contribution in [0.4, 0.5) is 0 Å². The average molecular weight is 421 g/mol. The third-order valence-electron chi connectivity index (χ3n) is 6.88. The van der Waals surface area contributed by atoms with Gasteiger partial charge in [0.2, 0.25) is 11.8 Å². The summed E-state index contributed by atoms with van der Waals surface area (Å²) in [6, 6.07) is 6.30. The van der Waals surface area contributed by atoms with Crippen LogP contribution in [0.25, 0.3) is 0 Å². The number of amides is 2. The molecule has 0 N–H and O–H groups in total. The summed E-state index contributed by atoms with van der Waals surface area (Å²) < 4.78 is 8.00. The molecule has 2 aromatic rings. The molecule has 5 rings (SSSR count). The number of hydrogen-bond acceptors (Lipinski definition) is 4. The predicted octanol–water partition coefficient (Wildman–Crippen LogP) is 1.98. The zero-order valence-electron chi connectivity index (χ0n) is 18.4. The van der Waals surface area contributed by atoms with E-state index in [2.05, 4.69) is 37.1 Å². The molecule has 2 amide bonds. The van der Waals surface area contributed by atoms with Gasteiger partial charge in [-0.15, -0.1) is 0 Å². The maximum Gasteiger partial charge on any atom is 0.230 e. The normalized spacial score (nSPS) is 28.5. The number of likely N-dealkylation sites (tertiary alicyclic amines) is 1. The molecule has 3 aliphatic heterocycles. The topological polar surface area (TPSA) is 67.7 Å². The van der Waals surface area contributed by atoms with E-state index in [4.69, 9.17) is 4.74 Å². The standard InChI is InChI=1S/C24H28N4O3/c1-15-5-6-16(2)18(9-15)13-28-14-24-8-7-19(31-24)20(21(24)23(28)30)22(29)26(3)11-17-10-25-27(4)12-17/h5-10,12,19-21H,11,13-14H2,1-4H3/t19-,20+,21-,24-/m0/s1. The number of fused-ring (bicyclic) bond motifs is 1. The summed E-state index contributed by atoms with van der Waals surface area (Å²) in [5.41, 5.74) is 3.75. The van der Waals surface area contributed by atoms with Crippen LogP contribution in [0.3, 0.4) is 0 Å². The van der Waals surface area contributed by atoms with E-state index in [1.54, 1.807) is 22.8 Å². The molecule has 0 radical (unpaired) electrons. The van der Waals surface area contributed by atoms with Crippen LogP contribution in [0.5, 0.6) is 0 Å². The molecular weight excluding hydrogens is 392 g/mol. The number of carbonyl (C=O) groups is 2. The Bertz CT molecular complexity index is 1090. The van der Waals surface area contributed by atoms with Crippen LogP contribution >= 0.6 is 0 Å². The predicted molar refractivity (Wildman–Crippen MR) is 115 cm³/mol. The Kier molecular flexibility index (Phi) is 4.55. The van der Waals surface area contributed by atoms with Crippen LogP contribution in [-0.2, 0) is 34.5 Å². The second-order valence-corrected chi connectivity index (χ2v) is 9.24. The SMILES string of the molecule is Cc1ccc(C)c(CN2C[C@]34C=C[C@H](O3)[C@@H](C(=O)N(C)Cc3cnn(C)c3)[C@H]4C2=O)c1. The fraction of sp³-hybridized carbons (Fsp3) is 0.458. The van der Waals surface area contributed by atoms with Crippen molar-refractivity contribution in [2.24, 2.45) is 18.9 Å². The maximum atomic E-state index is 13.5. The summed E-state index contributed by atoms with van der Waals surface area (Å²) in [5, 5.41) is 4.17. The Balaban J connectivity index is 1.37. The molecule has 162 valence electrons. The number of carbonyl (C=O) groups excluding carboxylic acids is 2. The Labute approximate surface area is 182 Å². The highest BCUT2D eigenvalue weighted by atomic mass is 16.5. The lowest BCUT2D eigenvalue weighted by molar-refractivity contribution is -0.142. The fourth-order valence-electron chi connectivity index (χ4n) is 5.33. The van der Waals surface area contributed by atoms with Crippen LogP contribution in [-0.4, -0.2) is 56.7 Å². The Morgan fingerprint density at radius 1 is 1.35 bits per heavy atom. The van der Waals surface area contributed by atoms with E-state index >= 15 is 0 Å². The van der Waals surface area contributed by atoms with Gasteiger partial charge >= 0.3 is 0 Å². The number of hydrogen-bond donors (Lipinski definition) is 0. The number of ether oxygens (including phenoxy) is 1. The third kappa shape index (κ3) is 3.19. The van der Waals surface area contributed by atoms with Gasteiger partial charge in [-0.3, -0.25) is 14.3 Å². The van der Waals surface area contributed by atoms with Crippen LogP contribution in [0.2, 0.25) is 0 Å². The molecule has 7 nitrogen and oxygen atoms in total. The van der Waals surface area contributed by atoms with Gasteiger partial charge in [-0.25, -0.2) is 0 Å². The smallest absolute Gasteiger partial charge is 0.230 e. The molecular formula is C24H28N4O3. The molecule has 2 saturated heterocycles. The number of aryl methyl sites for hydroxylation is 3. The minimum Gasteiger partial charge on any atom is -0.360 e. The highest BCUT2D eigenvalue weighted by Crippen LogP contribution is 2.52. The zero-order valence-corrected chi connectivity index (χ0v) is 18.4. The number of benzene rings is 1. The molecule has 3 aliphatic rings. The van der Waals surface area contributed by atoms with Crippen molar-refractivity contribution in [2.45, 2.75) is 38.6 Å². The van der Waals surface area contributed by atoms with Crippen molar-refractivity contribution in [1.29, 1.82) is 0 Å². The first-order valence-electron chi connectivity index (χ1n) is 10.7. The first-order chi connectivity index (χ1) is 14.8.